The zero-order chi connectivity index (χ0) is 13.9. The van der Waals surface area contributed by atoms with Crippen LogP contribution in [0.3, 0.4) is 0 Å². The van der Waals surface area contributed by atoms with Crippen LogP contribution < -0.4 is 10.6 Å². The van der Waals surface area contributed by atoms with Crippen molar-refractivity contribution < 1.29 is 0 Å². The van der Waals surface area contributed by atoms with Gasteiger partial charge in [-0.1, -0.05) is 19.9 Å². The molecule has 0 saturated heterocycles. The van der Waals surface area contributed by atoms with E-state index in [1.807, 2.05) is 7.05 Å². The molecule has 0 aliphatic heterocycles. The first-order valence-electron chi connectivity index (χ1n) is 6.74. The zero-order valence-electron chi connectivity index (χ0n) is 13.0. The zero-order valence-corrected chi connectivity index (χ0v) is 13.0. The molecule has 2 N–H and O–H groups in total. The Morgan fingerprint density at radius 2 is 1.50 bits per heavy atom. The molecule has 0 aliphatic carbocycles. The molecular weight excluding hydrogens is 220 g/mol. The molecule has 0 saturated carbocycles. The number of nitrogens with one attached hydrogen (secondary N) is 2. The van der Waals surface area contributed by atoms with E-state index in [2.05, 4.69) is 58.2 Å². The summed E-state index contributed by atoms with van der Waals surface area (Å²) in [6, 6.07) is 2.30. The van der Waals surface area contributed by atoms with Gasteiger partial charge in [0.2, 0.25) is 0 Å². The third kappa shape index (κ3) is 3.12. The highest BCUT2D eigenvalue weighted by atomic mass is 15.0. The predicted molar refractivity (Wildman–Crippen MR) is 80.3 cm³/mol. The highest BCUT2D eigenvalue weighted by Gasteiger charge is 2.25. The van der Waals surface area contributed by atoms with Crippen LogP contribution in [0.2, 0.25) is 0 Å². The molecule has 0 aliphatic rings. The first kappa shape index (κ1) is 15.2. The van der Waals surface area contributed by atoms with E-state index in [4.69, 9.17) is 0 Å². The van der Waals surface area contributed by atoms with Gasteiger partial charge in [0.05, 0.1) is 0 Å². The predicted octanol–water partition coefficient (Wildman–Crippen LogP) is 2.96. The monoisotopic (exact) mass is 248 g/mol. The van der Waals surface area contributed by atoms with E-state index in [-0.39, 0.29) is 5.41 Å². The Morgan fingerprint density at radius 3 is 1.94 bits per heavy atom. The molecular formula is C16H28N2. The molecule has 1 rings (SSSR count). The minimum absolute atomic E-state index is 0.155. The Hall–Kier alpha value is -0.860. The van der Waals surface area contributed by atoms with E-state index in [9.17, 15) is 0 Å². The lowest BCUT2D eigenvalue weighted by Gasteiger charge is -2.31. The van der Waals surface area contributed by atoms with Crippen LogP contribution in [0.15, 0.2) is 6.07 Å². The topological polar surface area (TPSA) is 24.1 Å². The van der Waals surface area contributed by atoms with Crippen molar-refractivity contribution >= 4 is 0 Å². The van der Waals surface area contributed by atoms with Crippen molar-refractivity contribution in [3.05, 3.63) is 33.9 Å². The molecule has 18 heavy (non-hydrogen) atoms. The average molecular weight is 248 g/mol. The molecule has 0 spiro atoms. The molecule has 1 aromatic rings. The third-order valence-electron chi connectivity index (χ3n) is 3.91. The van der Waals surface area contributed by atoms with E-state index in [0.29, 0.717) is 0 Å². The van der Waals surface area contributed by atoms with Crippen molar-refractivity contribution in [2.24, 2.45) is 0 Å². The molecule has 0 fully saturated rings. The lowest BCUT2D eigenvalue weighted by atomic mass is 9.77. The summed E-state index contributed by atoms with van der Waals surface area (Å²) in [5.41, 5.74) is 7.33. The van der Waals surface area contributed by atoms with Crippen molar-refractivity contribution in [2.45, 2.75) is 47.0 Å². The van der Waals surface area contributed by atoms with Crippen LogP contribution in [0.4, 0.5) is 0 Å². The highest BCUT2D eigenvalue weighted by Crippen LogP contribution is 2.32. The van der Waals surface area contributed by atoms with E-state index < -0.39 is 0 Å². The van der Waals surface area contributed by atoms with E-state index in [0.717, 1.165) is 13.2 Å². The van der Waals surface area contributed by atoms with Crippen molar-refractivity contribution in [1.82, 2.24) is 10.6 Å². The Balaban J connectivity index is 3.14. The number of aryl methyl sites for hydroxylation is 2. The van der Waals surface area contributed by atoms with Crippen LogP contribution in [0.5, 0.6) is 0 Å². The summed E-state index contributed by atoms with van der Waals surface area (Å²) in [6.45, 7) is 15.4. The summed E-state index contributed by atoms with van der Waals surface area (Å²) in [5, 5.41) is 6.59. The van der Waals surface area contributed by atoms with Gasteiger partial charge in [0.15, 0.2) is 0 Å². The van der Waals surface area contributed by atoms with Crippen molar-refractivity contribution in [2.75, 3.05) is 20.3 Å². The van der Waals surface area contributed by atoms with Crippen LogP contribution in [0.1, 0.15) is 41.7 Å². The first-order chi connectivity index (χ1) is 8.31. The fraction of sp³-hybridized carbons (Fsp3) is 0.625. The van der Waals surface area contributed by atoms with Gasteiger partial charge in [-0.3, -0.25) is 0 Å². The molecule has 0 radical (unpaired) electrons. The SMILES string of the molecule is CNCNCC(C)(C)c1c(C)c(C)cc(C)c1C. The molecule has 0 aromatic heterocycles. The standard InChI is InChI=1S/C16H28N2/c1-11-8-12(2)14(4)15(13(11)3)16(5,6)9-18-10-17-7/h8,17-18H,9-10H2,1-7H3. The van der Waals surface area contributed by atoms with Crippen molar-refractivity contribution in [1.29, 1.82) is 0 Å². The molecule has 0 unspecified atom stereocenters. The normalized spacial score (nSPS) is 11.9. The minimum Gasteiger partial charge on any atom is -0.308 e. The van der Waals surface area contributed by atoms with Gasteiger partial charge in [-0.25, -0.2) is 0 Å². The minimum atomic E-state index is 0.155. The summed E-state index contributed by atoms with van der Waals surface area (Å²) < 4.78 is 0. The van der Waals surface area contributed by atoms with Gasteiger partial charge in [-0.15, -0.1) is 0 Å². The Morgan fingerprint density at radius 1 is 1.00 bits per heavy atom. The lowest BCUT2D eigenvalue weighted by molar-refractivity contribution is 0.456. The molecule has 2 heteroatoms. The molecule has 1 aromatic carbocycles. The Bertz CT molecular complexity index is 393. The van der Waals surface area contributed by atoms with Crippen molar-refractivity contribution in [3.8, 4) is 0 Å². The van der Waals surface area contributed by atoms with Gasteiger partial charge in [0.1, 0.15) is 0 Å². The summed E-state index contributed by atoms with van der Waals surface area (Å²) in [5.74, 6) is 0. The van der Waals surface area contributed by atoms with Gasteiger partial charge in [-0.2, -0.15) is 0 Å². The largest absolute Gasteiger partial charge is 0.308 e. The summed E-state index contributed by atoms with van der Waals surface area (Å²) in [7, 11) is 1.97. The van der Waals surface area contributed by atoms with Crippen LogP contribution in [0, 0.1) is 27.7 Å². The summed E-state index contributed by atoms with van der Waals surface area (Å²) >= 11 is 0. The highest BCUT2D eigenvalue weighted by molar-refractivity contribution is 5.47. The van der Waals surface area contributed by atoms with E-state index in [1.54, 1.807) is 0 Å². The lowest BCUT2D eigenvalue weighted by Crippen LogP contribution is -2.38. The maximum Gasteiger partial charge on any atom is 0.0452 e. The van der Waals surface area contributed by atoms with E-state index >= 15 is 0 Å². The average Bonchev–Trinajstić information content (AvgIpc) is 2.26. The number of rotatable bonds is 5. The number of hydrogen-bond acceptors (Lipinski definition) is 2. The third-order valence-corrected chi connectivity index (χ3v) is 3.91. The molecule has 2 nitrogen and oxygen atoms in total. The molecule has 0 heterocycles. The maximum atomic E-state index is 3.46. The Kier molecular flexibility index (Phi) is 4.94. The fourth-order valence-electron chi connectivity index (χ4n) is 2.82. The molecule has 0 bridgehead atoms. The van der Waals surface area contributed by atoms with Crippen LogP contribution in [-0.4, -0.2) is 20.3 Å². The number of benzene rings is 1. The summed E-state index contributed by atoms with van der Waals surface area (Å²) in [6.07, 6.45) is 0. The van der Waals surface area contributed by atoms with Crippen LogP contribution in [0.25, 0.3) is 0 Å². The number of hydrogen-bond donors (Lipinski definition) is 2. The molecule has 0 atom stereocenters. The van der Waals surface area contributed by atoms with Gasteiger partial charge in [0.25, 0.3) is 0 Å². The van der Waals surface area contributed by atoms with Crippen LogP contribution in [-0.2, 0) is 5.41 Å². The Labute approximate surface area is 112 Å². The smallest absolute Gasteiger partial charge is 0.0452 e. The molecule has 102 valence electrons. The van der Waals surface area contributed by atoms with Gasteiger partial charge >= 0.3 is 0 Å². The van der Waals surface area contributed by atoms with Gasteiger partial charge in [-0.05, 0) is 62.6 Å². The molecule has 0 amide bonds. The fourth-order valence-corrected chi connectivity index (χ4v) is 2.82. The van der Waals surface area contributed by atoms with Crippen LogP contribution >= 0.6 is 0 Å². The summed E-state index contributed by atoms with van der Waals surface area (Å²) in [4.78, 5) is 0. The van der Waals surface area contributed by atoms with Gasteiger partial charge in [0, 0.05) is 18.6 Å². The second-order valence-corrected chi connectivity index (χ2v) is 5.98. The maximum absolute atomic E-state index is 3.46. The van der Waals surface area contributed by atoms with Gasteiger partial charge < -0.3 is 10.6 Å². The van der Waals surface area contributed by atoms with E-state index in [1.165, 1.54) is 27.8 Å². The first-order valence-corrected chi connectivity index (χ1v) is 6.74. The quantitative estimate of drug-likeness (QED) is 0.618. The van der Waals surface area contributed by atoms with Crippen molar-refractivity contribution in [3.63, 3.8) is 0 Å². The second-order valence-electron chi connectivity index (χ2n) is 5.98. The second kappa shape index (κ2) is 5.85.